The Kier molecular flexibility index (Phi) is 3.81. The van der Waals surface area contributed by atoms with Crippen LogP contribution in [0.3, 0.4) is 0 Å². The van der Waals surface area contributed by atoms with Crippen LogP contribution in [0.4, 0.5) is 0 Å². The molecule has 4 atom stereocenters. The summed E-state index contributed by atoms with van der Waals surface area (Å²) < 4.78 is 0. The molecule has 2 fully saturated rings. The fraction of sp³-hybridized carbons (Fsp3) is 0.778. The van der Waals surface area contributed by atoms with Crippen LogP contribution in [0.25, 0.3) is 0 Å². The number of likely N-dealkylation sites (N-methyl/N-ethyl adjacent to an activating group) is 1. The monoisotopic (exact) mass is 274 g/mol. The first kappa shape index (κ1) is 14.3. The van der Waals surface area contributed by atoms with E-state index >= 15 is 0 Å². The molecule has 2 nitrogen and oxygen atoms in total. The zero-order valence-electron chi connectivity index (χ0n) is 13.3. The second-order valence-corrected chi connectivity index (χ2v) is 7.76. The van der Waals surface area contributed by atoms with E-state index in [0.717, 1.165) is 11.8 Å². The van der Waals surface area contributed by atoms with Gasteiger partial charge in [0.15, 0.2) is 0 Å². The predicted molar refractivity (Wildman–Crippen MR) is 85.5 cm³/mol. The highest BCUT2D eigenvalue weighted by Crippen LogP contribution is 2.50. The van der Waals surface area contributed by atoms with Crippen molar-refractivity contribution in [3.8, 4) is 0 Å². The second kappa shape index (κ2) is 5.31. The molecule has 0 aromatic rings. The summed E-state index contributed by atoms with van der Waals surface area (Å²) in [4.78, 5) is 2.34. The molecule has 3 aliphatic carbocycles. The van der Waals surface area contributed by atoms with Crippen molar-refractivity contribution in [1.82, 2.24) is 4.90 Å². The van der Waals surface area contributed by atoms with Crippen molar-refractivity contribution in [1.29, 1.82) is 0 Å². The van der Waals surface area contributed by atoms with Crippen LogP contribution in [0.15, 0.2) is 23.8 Å². The third-order valence-electron chi connectivity index (χ3n) is 5.94. The Balaban J connectivity index is 1.72. The summed E-state index contributed by atoms with van der Waals surface area (Å²) in [5.41, 5.74) is 8.41. The van der Waals surface area contributed by atoms with Crippen molar-refractivity contribution in [2.24, 2.45) is 23.0 Å². The molecular formula is C18H30N2. The summed E-state index contributed by atoms with van der Waals surface area (Å²) in [5, 5.41) is 0. The summed E-state index contributed by atoms with van der Waals surface area (Å²) in [5.74, 6) is 1.70. The first-order valence-electron chi connectivity index (χ1n) is 8.30. The van der Waals surface area contributed by atoms with Crippen LogP contribution in [0, 0.1) is 17.3 Å². The average molecular weight is 274 g/mol. The summed E-state index contributed by atoms with van der Waals surface area (Å²) in [6.07, 6.45) is 15.1. The van der Waals surface area contributed by atoms with E-state index < -0.39 is 0 Å². The van der Waals surface area contributed by atoms with Crippen LogP contribution >= 0.6 is 0 Å². The van der Waals surface area contributed by atoms with E-state index in [1.54, 1.807) is 5.57 Å². The average Bonchev–Trinajstić information content (AvgIpc) is 3.23. The van der Waals surface area contributed by atoms with Crippen molar-refractivity contribution in [3.63, 3.8) is 0 Å². The maximum atomic E-state index is 6.33. The highest BCUT2D eigenvalue weighted by atomic mass is 15.1. The zero-order chi connectivity index (χ0) is 14.3. The van der Waals surface area contributed by atoms with Crippen molar-refractivity contribution in [3.05, 3.63) is 23.8 Å². The molecule has 112 valence electrons. The number of nitrogens with zero attached hydrogens (tertiary/aromatic N) is 1. The Morgan fingerprint density at radius 1 is 1.20 bits per heavy atom. The molecular weight excluding hydrogens is 244 g/mol. The SMILES string of the molecule is CN(C)[C@H]1C[C@@H](C2(C)C=CC=C(C3CC3)C2)CC[C@@H]1N. The van der Waals surface area contributed by atoms with Gasteiger partial charge in [-0.2, -0.15) is 0 Å². The Morgan fingerprint density at radius 3 is 2.60 bits per heavy atom. The van der Waals surface area contributed by atoms with Crippen LogP contribution in [0.1, 0.15) is 45.4 Å². The van der Waals surface area contributed by atoms with E-state index in [-0.39, 0.29) is 0 Å². The summed E-state index contributed by atoms with van der Waals surface area (Å²) >= 11 is 0. The number of hydrogen-bond acceptors (Lipinski definition) is 2. The minimum Gasteiger partial charge on any atom is -0.326 e. The molecule has 0 bridgehead atoms. The third kappa shape index (κ3) is 2.73. The van der Waals surface area contributed by atoms with E-state index in [1.807, 2.05) is 0 Å². The van der Waals surface area contributed by atoms with Gasteiger partial charge in [-0.3, -0.25) is 0 Å². The van der Waals surface area contributed by atoms with Crippen molar-refractivity contribution >= 4 is 0 Å². The van der Waals surface area contributed by atoms with Gasteiger partial charge < -0.3 is 10.6 Å². The smallest absolute Gasteiger partial charge is 0.0244 e. The van der Waals surface area contributed by atoms with Crippen LogP contribution in [0.2, 0.25) is 0 Å². The maximum absolute atomic E-state index is 6.33. The first-order chi connectivity index (χ1) is 9.49. The molecule has 0 aromatic carbocycles. The molecule has 0 amide bonds. The Bertz CT molecular complexity index is 419. The Labute approximate surface area is 124 Å². The molecule has 2 heteroatoms. The van der Waals surface area contributed by atoms with E-state index in [4.69, 9.17) is 5.73 Å². The molecule has 0 aromatic heterocycles. The molecule has 3 rings (SSSR count). The van der Waals surface area contributed by atoms with Crippen LogP contribution < -0.4 is 5.73 Å². The molecule has 2 saturated carbocycles. The minimum atomic E-state index is 0.357. The van der Waals surface area contributed by atoms with Gasteiger partial charge in [0.1, 0.15) is 0 Å². The lowest BCUT2D eigenvalue weighted by molar-refractivity contribution is 0.101. The van der Waals surface area contributed by atoms with Crippen molar-refractivity contribution in [2.45, 2.75) is 57.5 Å². The van der Waals surface area contributed by atoms with Gasteiger partial charge in [0, 0.05) is 12.1 Å². The minimum absolute atomic E-state index is 0.357. The molecule has 1 unspecified atom stereocenters. The number of nitrogens with two attached hydrogens (primary N) is 1. The third-order valence-corrected chi connectivity index (χ3v) is 5.94. The van der Waals surface area contributed by atoms with Crippen molar-refractivity contribution in [2.75, 3.05) is 14.1 Å². The van der Waals surface area contributed by atoms with Gasteiger partial charge in [0.25, 0.3) is 0 Å². The fourth-order valence-electron chi connectivity index (χ4n) is 4.33. The molecule has 20 heavy (non-hydrogen) atoms. The van der Waals surface area contributed by atoms with E-state index in [9.17, 15) is 0 Å². The molecule has 0 aliphatic heterocycles. The van der Waals surface area contributed by atoms with Gasteiger partial charge in [0.05, 0.1) is 0 Å². The standard InChI is InChI=1S/C18H30N2/c1-18(10-4-5-14(12-18)13-6-7-13)15-8-9-16(19)17(11-15)20(2)3/h4-5,10,13,15-17H,6-9,11-12,19H2,1-3H3/t15-,16-,17-,18?/m0/s1. The molecule has 0 spiro atoms. The maximum Gasteiger partial charge on any atom is 0.0244 e. The first-order valence-corrected chi connectivity index (χ1v) is 8.30. The highest BCUT2D eigenvalue weighted by molar-refractivity contribution is 5.28. The van der Waals surface area contributed by atoms with E-state index in [0.29, 0.717) is 17.5 Å². The second-order valence-electron chi connectivity index (χ2n) is 7.76. The molecule has 0 radical (unpaired) electrons. The topological polar surface area (TPSA) is 29.3 Å². The van der Waals surface area contributed by atoms with Crippen LogP contribution in [0.5, 0.6) is 0 Å². The lowest BCUT2D eigenvalue weighted by Gasteiger charge is -2.46. The van der Waals surface area contributed by atoms with E-state index in [1.165, 1.54) is 38.5 Å². The van der Waals surface area contributed by atoms with Gasteiger partial charge >= 0.3 is 0 Å². The summed E-state index contributed by atoms with van der Waals surface area (Å²) in [6.45, 7) is 2.48. The highest BCUT2D eigenvalue weighted by Gasteiger charge is 2.41. The molecule has 2 N–H and O–H groups in total. The number of rotatable bonds is 3. The number of hydrogen-bond donors (Lipinski definition) is 1. The summed E-state index contributed by atoms with van der Waals surface area (Å²) in [6, 6.07) is 0.908. The van der Waals surface area contributed by atoms with Gasteiger partial charge in [-0.25, -0.2) is 0 Å². The lowest BCUT2D eigenvalue weighted by atomic mass is 9.63. The van der Waals surface area contributed by atoms with Crippen molar-refractivity contribution < 1.29 is 0 Å². The Morgan fingerprint density at radius 2 is 1.95 bits per heavy atom. The van der Waals surface area contributed by atoms with Crippen LogP contribution in [-0.4, -0.2) is 31.1 Å². The van der Waals surface area contributed by atoms with Gasteiger partial charge in [-0.05, 0) is 69.9 Å². The predicted octanol–water partition coefficient (Wildman–Crippen LogP) is 3.35. The van der Waals surface area contributed by atoms with Crippen LogP contribution in [-0.2, 0) is 0 Å². The largest absolute Gasteiger partial charge is 0.326 e. The normalized spacial score (nSPS) is 41.9. The lowest BCUT2D eigenvalue weighted by Crippen LogP contribution is -2.50. The summed E-state index contributed by atoms with van der Waals surface area (Å²) in [7, 11) is 4.36. The molecule has 0 saturated heterocycles. The number of allylic oxidation sites excluding steroid dienone is 4. The molecule has 0 heterocycles. The Hall–Kier alpha value is -0.600. The van der Waals surface area contributed by atoms with E-state index in [2.05, 4.69) is 44.1 Å². The van der Waals surface area contributed by atoms with Gasteiger partial charge in [0.2, 0.25) is 0 Å². The fourth-order valence-corrected chi connectivity index (χ4v) is 4.33. The molecule has 3 aliphatic rings. The quantitative estimate of drug-likeness (QED) is 0.855. The van der Waals surface area contributed by atoms with Gasteiger partial charge in [-0.1, -0.05) is 30.7 Å². The zero-order valence-corrected chi connectivity index (χ0v) is 13.3. The van der Waals surface area contributed by atoms with Gasteiger partial charge in [-0.15, -0.1) is 0 Å².